The Labute approximate surface area is 271 Å². The summed E-state index contributed by atoms with van der Waals surface area (Å²) in [5.41, 5.74) is 2.00. The molecule has 0 N–H and O–H groups in total. The predicted octanol–water partition coefficient (Wildman–Crippen LogP) is 9.08. The van der Waals surface area contributed by atoms with Gasteiger partial charge < -0.3 is 23.4 Å². The van der Waals surface area contributed by atoms with Gasteiger partial charge >= 0.3 is 5.97 Å². The minimum Gasteiger partial charge on any atom is -0.497 e. The maximum absolute atomic E-state index is 12.5. The summed E-state index contributed by atoms with van der Waals surface area (Å²) in [6.07, 6.45) is 7.85. The van der Waals surface area contributed by atoms with E-state index >= 15 is 0 Å². The standard InChI is InChI=1S/C38H52O6Si/c1-37(2,3)45(6,7)44-30-15-10-8-9-14-28-42-36(39)19-16-29-43-38(31-17-12-11-13-18-31,32-20-24-34(40-4)25-21-32)33-22-26-35(41-5)27-23-33/h9,11-14,17-18,20-27H,8,10,15-16,19,28-30H2,1-7H3/b14-9+. The Morgan fingerprint density at radius 3 is 1.80 bits per heavy atom. The SMILES string of the molecule is COc1ccc(C(OCCCC(=O)OC/C=C/CCCCO[Si](C)(C)C(C)(C)C)(c2ccccc2)c2ccc(OC)cc2)cc1. The summed E-state index contributed by atoms with van der Waals surface area (Å²) in [6, 6.07) is 26.0. The number of esters is 1. The highest BCUT2D eigenvalue weighted by atomic mass is 28.4. The van der Waals surface area contributed by atoms with Gasteiger partial charge in [0.15, 0.2) is 8.32 Å². The van der Waals surface area contributed by atoms with Gasteiger partial charge in [0.05, 0.1) is 14.2 Å². The Bertz CT molecular complexity index is 1260. The number of carbonyl (C=O) groups is 1. The Hall–Kier alpha value is -3.39. The highest BCUT2D eigenvalue weighted by Gasteiger charge is 2.38. The van der Waals surface area contributed by atoms with Gasteiger partial charge in [-0.1, -0.05) is 87.5 Å². The molecule has 0 aliphatic heterocycles. The zero-order chi connectivity index (χ0) is 32.8. The molecule has 3 rings (SSSR count). The molecular weight excluding hydrogens is 580 g/mol. The summed E-state index contributed by atoms with van der Waals surface area (Å²) in [6.45, 7) is 12.8. The number of methoxy groups -OCH3 is 2. The molecule has 0 aliphatic rings. The smallest absolute Gasteiger partial charge is 0.306 e. The van der Waals surface area contributed by atoms with E-state index in [9.17, 15) is 4.79 Å². The Morgan fingerprint density at radius 1 is 0.711 bits per heavy atom. The first-order valence-corrected chi connectivity index (χ1v) is 18.9. The van der Waals surface area contributed by atoms with Crippen molar-refractivity contribution in [1.29, 1.82) is 0 Å². The van der Waals surface area contributed by atoms with Crippen molar-refractivity contribution in [2.75, 3.05) is 34.0 Å². The number of hydrogen-bond donors (Lipinski definition) is 0. The van der Waals surface area contributed by atoms with Gasteiger partial charge in [-0.05, 0) is 84.8 Å². The van der Waals surface area contributed by atoms with Crippen LogP contribution in [0.3, 0.4) is 0 Å². The van der Waals surface area contributed by atoms with Gasteiger partial charge in [0.2, 0.25) is 0 Å². The molecule has 3 aromatic carbocycles. The van der Waals surface area contributed by atoms with E-state index < -0.39 is 13.9 Å². The van der Waals surface area contributed by atoms with Crippen molar-refractivity contribution in [3.8, 4) is 11.5 Å². The zero-order valence-electron chi connectivity index (χ0n) is 28.3. The first-order chi connectivity index (χ1) is 21.5. The zero-order valence-corrected chi connectivity index (χ0v) is 29.3. The summed E-state index contributed by atoms with van der Waals surface area (Å²) < 4.78 is 29.3. The maximum atomic E-state index is 12.5. The van der Waals surface area contributed by atoms with Crippen LogP contribution in [-0.2, 0) is 24.3 Å². The van der Waals surface area contributed by atoms with Crippen molar-refractivity contribution in [2.45, 2.75) is 76.6 Å². The molecule has 0 bridgehead atoms. The molecule has 45 heavy (non-hydrogen) atoms. The average molecular weight is 633 g/mol. The minimum absolute atomic E-state index is 0.231. The van der Waals surface area contributed by atoms with Crippen LogP contribution in [0.5, 0.6) is 11.5 Å². The topological polar surface area (TPSA) is 63.2 Å². The molecule has 0 saturated carbocycles. The second kappa shape index (κ2) is 17.3. The maximum Gasteiger partial charge on any atom is 0.306 e. The van der Waals surface area contributed by atoms with Crippen LogP contribution in [0, 0.1) is 0 Å². The Kier molecular flexibility index (Phi) is 13.9. The van der Waals surface area contributed by atoms with Crippen molar-refractivity contribution < 1.29 is 28.2 Å². The van der Waals surface area contributed by atoms with E-state index in [0.29, 0.717) is 13.0 Å². The Morgan fingerprint density at radius 2 is 1.27 bits per heavy atom. The molecule has 244 valence electrons. The quantitative estimate of drug-likeness (QED) is 0.0458. The molecule has 0 amide bonds. The number of benzene rings is 3. The van der Waals surface area contributed by atoms with Crippen molar-refractivity contribution in [2.24, 2.45) is 0 Å². The molecular formula is C38H52O6Si. The summed E-state index contributed by atoms with van der Waals surface area (Å²) in [5.74, 6) is 1.30. The molecule has 3 aromatic rings. The van der Waals surface area contributed by atoms with Crippen LogP contribution in [0.1, 0.15) is 69.6 Å². The number of carbonyl (C=O) groups excluding carboxylic acids is 1. The number of rotatable bonds is 18. The first-order valence-electron chi connectivity index (χ1n) is 16.0. The van der Waals surface area contributed by atoms with Crippen LogP contribution in [0.2, 0.25) is 18.1 Å². The summed E-state index contributed by atoms with van der Waals surface area (Å²) in [7, 11) is 1.63. The van der Waals surface area contributed by atoms with Crippen LogP contribution in [0.15, 0.2) is 91.0 Å². The van der Waals surface area contributed by atoms with E-state index in [4.69, 9.17) is 23.4 Å². The minimum atomic E-state index is -1.68. The molecule has 0 atom stereocenters. The highest BCUT2D eigenvalue weighted by molar-refractivity contribution is 6.74. The third-order valence-electron chi connectivity index (χ3n) is 8.56. The van der Waals surface area contributed by atoms with E-state index in [1.807, 2.05) is 72.8 Å². The van der Waals surface area contributed by atoms with Gasteiger partial charge in [-0.15, -0.1) is 0 Å². The Balaban J connectivity index is 1.55. The molecule has 0 spiro atoms. The lowest BCUT2D eigenvalue weighted by atomic mass is 9.80. The number of ether oxygens (including phenoxy) is 4. The molecule has 0 aliphatic carbocycles. The number of unbranched alkanes of at least 4 members (excludes halogenated alkanes) is 2. The molecule has 0 unspecified atom stereocenters. The van der Waals surface area contributed by atoms with Gasteiger partial charge in [-0.2, -0.15) is 0 Å². The van der Waals surface area contributed by atoms with Gasteiger partial charge in [0.1, 0.15) is 23.7 Å². The van der Waals surface area contributed by atoms with Crippen LogP contribution < -0.4 is 9.47 Å². The van der Waals surface area contributed by atoms with Crippen LogP contribution in [0.4, 0.5) is 0 Å². The van der Waals surface area contributed by atoms with E-state index in [-0.39, 0.29) is 24.0 Å². The molecule has 0 fully saturated rings. The monoisotopic (exact) mass is 632 g/mol. The van der Waals surface area contributed by atoms with Gasteiger partial charge in [-0.3, -0.25) is 4.79 Å². The fraction of sp³-hybridized carbons (Fsp3) is 0.447. The molecule has 7 heteroatoms. The highest BCUT2D eigenvalue weighted by Crippen LogP contribution is 2.42. The number of hydrogen-bond acceptors (Lipinski definition) is 6. The first kappa shape index (κ1) is 36.1. The third kappa shape index (κ3) is 10.3. The summed E-state index contributed by atoms with van der Waals surface area (Å²) in [4.78, 5) is 12.5. The van der Waals surface area contributed by atoms with Crippen molar-refractivity contribution in [3.63, 3.8) is 0 Å². The second-order valence-electron chi connectivity index (χ2n) is 12.7. The molecule has 0 aromatic heterocycles. The van der Waals surface area contributed by atoms with E-state index in [1.54, 1.807) is 14.2 Å². The average Bonchev–Trinajstić information content (AvgIpc) is 3.04. The summed E-state index contributed by atoms with van der Waals surface area (Å²) in [5, 5.41) is 0.237. The van der Waals surface area contributed by atoms with Crippen LogP contribution >= 0.6 is 0 Å². The lowest BCUT2D eigenvalue weighted by Gasteiger charge is -2.36. The predicted molar refractivity (Wildman–Crippen MR) is 185 cm³/mol. The lowest BCUT2D eigenvalue weighted by Crippen LogP contribution is -2.40. The normalized spacial score (nSPS) is 12.3. The summed E-state index contributed by atoms with van der Waals surface area (Å²) >= 11 is 0. The second-order valence-corrected chi connectivity index (χ2v) is 17.5. The van der Waals surface area contributed by atoms with Gasteiger partial charge in [0.25, 0.3) is 0 Å². The van der Waals surface area contributed by atoms with E-state index in [0.717, 1.165) is 54.1 Å². The van der Waals surface area contributed by atoms with Crippen LogP contribution in [0.25, 0.3) is 0 Å². The fourth-order valence-corrected chi connectivity index (χ4v) is 5.91. The van der Waals surface area contributed by atoms with Gasteiger partial charge in [0, 0.05) is 19.6 Å². The lowest BCUT2D eigenvalue weighted by molar-refractivity contribution is -0.143. The largest absolute Gasteiger partial charge is 0.497 e. The number of allylic oxidation sites excluding steroid dienone is 1. The third-order valence-corrected chi connectivity index (χ3v) is 13.1. The molecule has 6 nitrogen and oxygen atoms in total. The molecule has 0 saturated heterocycles. The van der Waals surface area contributed by atoms with Crippen molar-refractivity contribution in [3.05, 3.63) is 108 Å². The van der Waals surface area contributed by atoms with E-state index in [2.05, 4.69) is 52.1 Å². The van der Waals surface area contributed by atoms with Crippen LogP contribution in [-0.4, -0.2) is 48.3 Å². The van der Waals surface area contributed by atoms with Crippen molar-refractivity contribution >= 4 is 14.3 Å². The fourth-order valence-electron chi connectivity index (χ4n) is 4.82. The molecule has 0 radical (unpaired) electrons. The molecule has 0 heterocycles. The van der Waals surface area contributed by atoms with E-state index in [1.165, 1.54) is 0 Å². The van der Waals surface area contributed by atoms with Gasteiger partial charge in [-0.25, -0.2) is 0 Å². The van der Waals surface area contributed by atoms with Crippen molar-refractivity contribution in [1.82, 2.24) is 0 Å².